The van der Waals surface area contributed by atoms with E-state index in [0.717, 1.165) is 5.56 Å². The summed E-state index contributed by atoms with van der Waals surface area (Å²) in [5.41, 5.74) is 4.57. The number of hydrogen-bond donors (Lipinski definition) is 3. The number of carbonyl (C=O) groups is 3. The number of benzene rings is 3. The van der Waals surface area contributed by atoms with Gasteiger partial charge in [-0.05, 0) is 48.0 Å². The third kappa shape index (κ3) is 6.16. The molecule has 7 nitrogen and oxygen atoms in total. The van der Waals surface area contributed by atoms with E-state index < -0.39 is 11.8 Å². The molecule has 0 fully saturated rings. The second-order valence-corrected chi connectivity index (χ2v) is 7.47. The Hall–Kier alpha value is -3.68. The molecule has 3 amide bonds. The van der Waals surface area contributed by atoms with Gasteiger partial charge in [-0.1, -0.05) is 47.5 Å². The van der Waals surface area contributed by atoms with E-state index in [1.165, 1.54) is 25.3 Å². The molecule has 0 radical (unpaired) electrons. The topological polar surface area (TPSA) is 99.7 Å². The molecule has 0 aliphatic heterocycles. The Morgan fingerprint density at radius 3 is 2.25 bits per heavy atom. The SMILES string of the molecule is CC(=O)Nc1ccc(/C=N\NC(=O)c2ccccc2NC(=O)c2ccc(Cl)cc2Cl)cc1. The van der Waals surface area contributed by atoms with E-state index in [2.05, 4.69) is 21.2 Å². The van der Waals surface area contributed by atoms with Crippen LogP contribution in [-0.2, 0) is 4.79 Å². The summed E-state index contributed by atoms with van der Waals surface area (Å²) in [7, 11) is 0. The van der Waals surface area contributed by atoms with Crippen molar-refractivity contribution in [1.82, 2.24) is 5.43 Å². The smallest absolute Gasteiger partial charge is 0.273 e. The molecule has 32 heavy (non-hydrogen) atoms. The first-order chi connectivity index (χ1) is 15.3. The van der Waals surface area contributed by atoms with Crippen molar-refractivity contribution in [3.8, 4) is 0 Å². The van der Waals surface area contributed by atoms with Gasteiger partial charge in [0, 0.05) is 17.6 Å². The largest absolute Gasteiger partial charge is 0.326 e. The molecule has 0 unspecified atom stereocenters. The maximum atomic E-state index is 12.6. The lowest BCUT2D eigenvalue weighted by molar-refractivity contribution is -0.114. The molecule has 3 aromatic rings. The number of nitrogens with zero attached hydrogens (tertiary/aromatic N) is 1. The molecule has 0 heterocycles. The number of amides is 3. The Morgan fingerprint density at radius 1 is 0.844 bits per heavy atom. The summed E-state index contributed by atoms with van der Waals surface area (Å²) in [6, 6.07) is 18.0. The van der Waals surface area contributed by atoms with Gasteiger partial charge in [-0.15, -0.1) is 0 Å². The lowest BCUT2D eigenvalue weighted by Crippen LogP contribution is -2.21. The summed E-state index contributed by atoms with van der Waals surface area (Å²) in [5.74, 6) is -1.15. The van der Waals surface area contributed by atoms with Gasteiger partial charge in [0.05, 0.1) is 28.1 Å². The summed E-state index contributed by atoms with van der Waals surface area (Å²) < 4.78 is 0. The molecule has 0 saturated carbocycles. The van der Waals surface area contributed by atoms with E-state index in [1.54, 1.807) is 54.6 Å². The molecule has 0 aliphatic rings. The van der Waals surface area contributed by atoms with Gasteiger partial charge in [-0.2, -0.15) is 5.10 Å². The van der Waals surface area contributed by atoms with Crippen LogP contribution in [0, 0.1) is 0 Å². The highest BCUT2D eigenvalue weighted by Crippen LogP contribution is 2.23. The van der Waals surface area contributed by atoms with Crippen molar-refractivity contribution in [1.29, 1.82) is 0 Å². The number of carbonyl (C=O) groups excluding carboxylic acids is 3. The van der Waals surface area contributed by atoms with Crippen LogP contribution in [0.5, 0.6) is 0 Å². The summed E-state index contributed by atoms with van der Waals surface area (Å²) in [5, 5.41) is 9.91. The minimum absolute atomic E-state index is 0.164. The Labute approximate surface area is 194 Å². The van der Waals surface area contributed by atoms with Crippen LogP contribution in [0.4, 0.5) is 11.4 Å². The standard InChI is InChI=1S/C23H18Cl2N4O3/c1-14(30)27-17-9-6-15(7-10-17)13-26-29-23(32)19-4-2-3-5-21(19)28-22(31)18-11-8-16(24)12-20(18)25/h2-13H,1H3,(H,27,30)(H,28,31)(H,29,32)/b26-13-. The van der Waals surface area contributed by atoms with Gasteiger partial charge in [-0.25, -0.2) is 5.43 Å². The zero-order chi connectivity index (χ0) is 23.1. The highest BCUT2D eigenvalue weighted by Gasteiger charge is 2.15. The molecule has 3 aromatic carbocycles. The second kappa shape index (κ2) is 10.6. The predicted octanol–water partition coefficient (Wildman–Crippen LogP) is 4.97. The number of hydrazone groups is 1. The molecule has 0 aromatic heterocycles. The normalized spacial score (nSPS) is 10.6. The summed E-state index contributed by atoms with van der Waals surface area (Å²) in [6.45, 7) is 1.43. The Morgan fingerprint density at radius 2 is 1.56 bits per heavy atom. The number of rotatable bonds is 6. The quantitative estimate of drug-likeness (QED) is 0.351. The maximum absolute atomic E-state index is 12.6. The Balaban J connectivity index is 1.68. The van der Waals surface area contributed by atoms with Crippen LogP contribution in [-0.4, -0.2) is 23.9 Å². The first-order valence-corrected chi connectivity index (χ1v) is 10.2. The van der Waals surface area contributed by atoms with Crippen molar-refractivity contribution in [3.05, 3.63) is 93.5 Å². The number of anilines is 2. The average molecular weight is 469 g/mol. The molecule has 0 spiro atoms. The van der Waals surface area contributed by atoms with Crippen LogP contribution in [0.2, 0.25) is 10.0 Å². The fourth-order valence-corrected chi connectivity index (χ4v) is 3.23. The molecule has 0 bridgehead atoms. The number of halogens is 2. The minimum Gasteiger partial charge on any atom is -0.326 e. The van der Waals surface area contributed by atoms with E-state index in [1.807, 2.05) is 0 Å². The van der Waals surface area contributed by atoms with E-state index in [-0.39, 0.29) is 22.1 Å². The van der Waals surface area contributed by atoms with Crippen molar-refractivity contribution >= 4 is 58.5 Å². The summed E-state index contributed by atoms with van der Waals surface area (Å²) >= 11 is 12.0. The molecule has 0 aliphatic carbocycles. The van der Waals surface area contributed by atoms with Gasteiger partial charge < -0.3 is 10.6 Å². The molecule has 9 heteroatoms. The van der Waals surface area contributed by atoms with Gasteiger partial charge in [0.25, 0.3) is 11.8 Å². The first-order valence-electron chi connectivity index (χ1n) is 9.40. The number of nitrogens with one attached hydrogen (secondary N) is 3. The lowest BCUT2D eigenvalue weighted by atomic mass is 10.1. The predicted molar refractivity (Wildman–Crippen MR) is 127 cm³/mol. The molecule has 0 atom stereocenters. The fraction of sp³-hybridized carbons (Fsp3) is 0.0435. The third-order valence-corrected chi connectivity index (χ3v) is 4.75. The maximum Gasteiger partial charge on any atom is 0.273 e. The van der Waals surface area contributed by atoms with E-state index in [0.29, 0.717) is 16.4 Å². The van der Waals surface area contributed by atoms with Crippen molar-refractivity contribution in [2.24, 2.45) is 5.10 Å². The van der Waals surface area contributed by atoms with Crippen molar-refractivity contribution in [3.63, 3.8) is 0 Å². The molecular formula is C23H18Cl2N4O3. The molecular weight excluding hydrogens is 451 g/mol. The summed E-state index contributed by atoms with van der Waals surface area (Å²) in [4.78, 5) is 36.2. The minimum atomic E-state index is -0.505. The first kappa shape index (κ1) is 23.0. The van der Waals surface area contributed by atoms with Gasteiger partial charge in [0.2, 0.25) is 5.91 Å². The van der Waals surface area contributed by atoms with Crippen LogP contribution in [0.15, 0.2) is 71.8 Å². The van der Waals surface area contributed by atoms with E-state index in [9.17, 15) is 14.4 Å². The third-order valence-electron chi connectivity index (χ3n) is 4.21. The van der Waals surface area contributed by atoms with Gasteiger partial charge in [0.1, 0.15) is 0 Å². The Kier molecular flexibility index (Phi) is 7.59. The average Bonchev–Trinajstić information content (AvgIpc) is 2.74. The van der Waals surface area contributed by atoms with E-state index >= 15 is 0 Å². The van der Waals surface area contributed by atoms with E-state index in [4.69, 9.17) is 23.2 Å². The molecule has 162 valence electrons. The lowest BCUT2D eigenvalue weighted by Gasteiger charge is -2.11. The van der Waals surface area contributed by atoms with Gasteiger partial charge in [-0.3, -0.25) is 14.4 Å². The number of para-hydroxylation sites is 1. The van der Waals surface area contributed by atoms with Gasteiger partial charge >= 0.3 is 0 Å². The monoisotopic (exact) mass is 468 g/mol. The van der Waals surface area contributed by atoms with Crippen LogP contribution < -0.4 is 16.1 Å². The molecule has 0 saturated heterocycles. The second-order valence-electron chi connectivity index (χ2n) is 6.63. The highest BCUT2D eigenvalue weighted by molar-refractivity contribution is 6.37. The fourth-order valence-electron chi connectivity index (χ4n) is 2.73. The van der Waals surface area contributed by atoms with Gasteiger partial charge in [0.15, 0.2) is 0 Å². The van der Waals surface area contributed by atoms with Crippen LogP contribution >= 0.6 is 23.2 Å². The van der Waals surface area contributed by atoms with Crippen molar-refractivity contribution < 1.29 is 14.4 Å². The zero-order valence-electron chi connectivity index (χ0n) is 16.9. The Bertz CT molecular complexity index is 1190. The molecule has 3 rings (SSSR count). The van der Waals surface area contributed by atoms with Crippen LogP contribution in [0.25, 0.3) is 0 Å². The van der Waals surface area contributed by atoms with Crippen molar-refractivity contribution in [2.45, 2.75) is 6.92 Å². The molecule has 3 N–H and O–H groups in total. The zero-order valence-corrected chi connectivity index (χ0v) is 18.4. The highest BCUT2D eigenvalue weighted by atomic mass is 35.5. The summed E-state index contributed by atoms with van der Waals surface area (Å²) in [6.07, 6.45) is 1.46. The van der Waals surface area contributed by atoms with Crippen molar-refractivity contribution in [2.75, 3.05) is 10.6 Å². The van der Waals surface area contributed by atoms with Crippen LogP contribution in [0.1, 0.15) is 33.2 Å². The van der Waals surface area contributed by atoms with Crippen LogP contribution in [0.3, 0.4) is 0 Å². The number of hydrogen-bond acceptors (Lipinski definition) is 4.